The van der Waals surface area contributed by atoms with Gasteiger partial charge in [-0.25, -0.2) is 0 Å². The van der Waals surface area contributed by atoms with Crippen LogP contribution in [-0.4, -0.2) is 11.0 Å². The Morgan fingerprint density at radius 3 is 2.55 bits per heavy atom. The van der Waals surface area contributed by atoms with Crippen molar-refractivity contribution in [3.63, 3.8) is 0 Å². The van der Waals surface area contributed by atoms with Gasteiger partial charge in [-0.2, -0.15) is 0 Å². The van der Waals surface area contributed by atoms with E-state index in [1.807, 2.05) is 31.2 Å². The molecule has 0 saturated carbocycles. The van der Waals surface area contributed by atoms with Crippen LogP contribution in [0.1, 0.15) is 17.1 Å². The molecule has 0 radical (unpaired) electrons. The predicted molar refractivity (Wildman–Crippen MR) is 127 cm³/mol. The number of amides is 1. The van der Waals surface area contributed by atoms with Crippen LogP contribution in [0.4, 0.5) is 5.69 Å². The fraction of sp³-hybridized carbons (Fsp3) is 0.0909. The number of benzene rings is 2. The lowest BCUT2D eigenvalue weighted by Crippen LogP contribution is -2.30. The smallest absolute Gasteiger partial charge is 0.281 e. The minimum absolute atomic E-state index is 0.0966. The van der Waals surface area contributed by atoms with E-state index in [-0.39, 0.29) is 12.5 Å². The third kappa shape index (κ3) is 4.57. The highest BCUT2D eigenvalue weighted by Crippen LogP contribution is 2.36. The molecule has 0 aliphatic carbocycles. The quantitative estimate of drug-likeness (QED) is 0.330. The van der Waals surface area contributed by atoms with Gasteiger partial charge in [0.2, 0.25) is 0 Å². The fourth-order valence-corrected chi connectivity index (χ4v) is 4.29. The summed E-state index contributed by atoms with van der Waals surface area (Å²) in [5.41, 5.74) is 2.00. The Bertz CT molecular complexity index is 1200. The molecule has 2 aromatic carbocycles. The van der Waals surface area contributed by atoms with Crippen molar-refractivity contribution >= 4 is 69.8 Å². The second-order valence-corrected chi connectivity index (χ2v) is 8.34. The minimum atomic E-state index is -0.256. The summed E-state index contributed by atoms with van der Waals surface area (Å²) in [5, 5.41) is 4.28. The molecule has 1 aromatic heterocycles. The molecule has 2 heterocycles. The van der Waals surface area contributed by atoms with Crippen molar-refractivity contribution in [2.75, 3.05) is 4.90 Å². The summed E-state index contributed by atoms with van der Waals surface area (Å²) in [6.45, 7) is 2.02. The molecule has 1 amide bonds. The predicted octanol–water partition coefficient (Wildman–Crippen LogP) is 6.39. The Balaban J connectivity index is 1.49. The van der Waals surface area contributed by atoms with Crippen LogP contribution in [0.5, 0.6) is 5.75 Å². The van der Waals surface area contributed by atoms with E-state index in [1.54, 1.807) is 30.3 Å². The van der Waals surface area contributed by atoms with E-state index in [2.05, 4.69) is 5.32 Å². The molecule has 1 fully saturated rings. The Kier molecular flexibility index (Phi) is 6.25. The number of thiocarbonyl (C=S) groups is 1. The second-order valence-electron chi connectivity index (χ2n) is 6.71. The lowest BCUT2D eigenvalue weighted by atomic mass is 10.2. The lowest BCUT2D eigenvalue weighted by molar-refractivity contribution is -0.113. The highest BCUT2D eigenvalue weighted by molar-refractivity contribution is 7.80. The SMILES string of the molecule is Cc1ccccc1N1C(=O)/C(=C\c2ccc(COc3c(Cl)cc(Cl)cc3Cl)o2)NC1=S. The number of rotatable bonds is 5. The van der Waals surface area contributed by atoms with Crippen molar-refractivity contribution in [2.45, 2.75) is 13.5 Å². The molecule has 4 rings (SSSR count). The first kappa shape index (κ1) is 21.7. The average Bonchev–Trinajstić information content (AvgIpc) is 3.26. The summed E-state index contributed by atoms with van der Waals surface area (Å²) in [4.78, 5) is 14.4. The van der Waals surface area contributed by atoms with Crippen LogP contribution in [0.3, 0.4) is 0 Å². The number of para-hydroxylation sites is 1. The molecule has 0 spiro atoms. The molecule has 1 aliphatic rings. The first-order valence-corrected chi connectivity index (χ1v) is 10.7. The summed E-state index contributed by atoms with van der Waals surface area (Å²) < 4.78 is 11.4. The van der Waals surface area contributed by atoms with E-state index in [9.17, 15) is 4.79 Å². The summed E-state index contributed by atoms with van der Waals surface area (Å²) in [7, 11) is 0. The van der Waals surface area contributed by atoms with Crippen LogP contribution in [0, 0.1) is 6.92 Å². The average molecular weight is 494 g/mol. The van der Waals surface area contributed by atoms with E-state index >= 15 is 0 Å². The number of halogens is 3. The van der Waals surface area contributed by atoms with Gasteiger partial charge in [0, 0.05) is 11.1 Å². The van der Waals surface area contributed by atoms with Gasteiger partial charge in [-0.1, -0.05) is 53.0 Å². The van der Waals surface area contributed by atoms with Gasteiger partial charge >= 0.3 is 0 Å². The molecule has 1 saturated heterocycles. The zero-order valence-corrected chi connectivity index (χ0v) is 19.2. The second kappa shape index (κ2) is 8.93. The largest absolute Gasteiger partial charge is 0.483 e. The molecule has 31 heavy (non-hydrogen) atoms. The van der Waals surface area contributed by atoms with Gasteiger partial charge in [0.15, 0.2) is 10.9 Å². The molecule has 3 aromatic rings. The van der Waals surface area contributed by atoms with Crippen molar-refractivity contribution in [3.8, 4) is 5.75 Å². The van der Waals surface area contributed by atoms with Crippen LogP contribution >= 0.6 is 47.0 Å². The van der Waals surface area contributed by atoms with E-state index in [0.717, 1.165) is 11.3 Å². The van der Waals surface area contributed by atoms with E-state index in [4.69, 9.17) is 56.2 Å². The van der Waals surface area contributed by atoms with Crippen LogP contribution < -0.4 is 15.0 Å². The molecular weight excluding hydrogens is 479 g/mol. The van der Waals surface area contributed by atoms with Crippen molar-refractivity contribution in [3.05, 3.63) is 86.4 Å². The topological polar surface area (TPSA) is 54.7 Å². The van der Waals surface area contributed by atoms with Gasteiger partial charge in [0.05, 0.1) is 15.7 Å². The maximum atomic E-state index is 12.9. The molecule has 9 heteroatoms. The molecule has 0 atom stereocenters. The van der Waals surface area contributed by atoms with Crippen LogP contribution in [0.25, 0.3) is 6.08 Å². The highest BCUT2D eigenvalue weighted by atomic mass is 35.5. The van der Waals surface area contributed by atoms with Crippen molar-refractivity contribution in [1.29, 1.82) is 0 Å². The standard InChI is InChI=1S/C22H15Cl3N2O3S/c1-12-4-2-3-5-19(12)27-21(28)18(26-22(27)31)10-14-6-7-15(30-14)11-29-20-16(24)8-13(23)9-17(20)25/h2-10H,11H2,1H3,(H,26,31)/b18-10+. The van der Waals surface area contributed by atoms with Gasteiger partial charge in [-0.15, -0.1) is 0 Å². The number of carbonyl (C=O) groups excluding carboxylic acids is 1. The van der Waals surface area contributed by atoms with Crippen molar-refractivity contribution in [2.24, 2.45) is 0 Å². The zero-order valence-electron chi connectivity index (χ0n) is 16.1. The number of hydrogen-bond donors (Lipinski definition) is 1. The molecule has 0 bridgehead atoms. The van der Waals surface area contributed by atoms with Crippen LogP contribution in [0.15, 0.2) is 58.6 Å². The normalized spacial score (nSPS) is 15.0. The number of carbonyl (C=O) groups is 1. The number of nitrogens with zero attached hydrogens (tertiary/aromatic N) is 1. The van der Waals surface area contributed by atoms with Gasteiger partial charge in [0.25, 0.3) is 5.91 Å². The maximum Gasteiger partial charge on any atom is 0.281 e. The monoisotopic (exact) mass is 492 g/mol. The molecule has 5 nitrogen and oxygen atoms in total. The van der Waals surface area contributed by atoms with E-state index in [1.165, 1.54) is 4.90 Å². The van der Waals surface area contributed by atoms with Crippen LogP contribution in [0.2, 0.25) is 15.1 Å². The number of aryl methyl sites for hydroxylation is 1. The number of nitrogens with one attached hydrogen (secondary N) is 1. The number of anilines is 1. The van der Waals surface area contributed by atoms with Crippen molar-refractivity contribution in [1.82, 2.24) is 5.32 Å². The summed E-state index contributed by atoms with van der Waals surface area (Å²) in [6, 6.07) is 14.1. The number of hydrogen-bond acceptors (Lipinski definition) is 4. The van der Waals surface area contributed by atoms with Gasteiger partial charge in [-0.3, -0.25) is 9.69 Å². The minimum Gasteiger partial charge on any atom is -0.483 e. The Morgan fingerprint density at radius 1 is 1.13 bits per heavy atom. The molecule has 158 valence electrons. The fourth-order valence-electron chi connectivity index (χ4n) is 3.07. The molecule has 1 aliphatic heterocycles. The van der Waals surface area contributed by atoms with Crippen LogP contribution in [-0.2, 0) is 11.4 Å². The molecule has 1 N–H and O–H groups in total. The lowest BCUT2D eigenvalue weighted by Gasteiger charge is -2.16. The number of ether oxygens (including phenoxy) is 1. The van der Waals surface area contributed by atoms with E-state index < -0.39 is 0 Å². The summed E-state index contributed by atoms with van der Waals surface area (Å²) in [6.07, 6.45) is 1.60. The summed E-state index contributed by atoms with van der Waals surface area (Å²) in [5.74, 6) is 1.05. The van der Waals surface area contributed by atoms with Gasteiger partial charge < -0.3 is 14.5 Å². The highest BCUT2D eigenvalue weighted by Gasteiger charge is 2.32. The van der Waals surface area contributed by atoms with Crippen molar-refractivity contribution < 1.29 is 13.9 Å². The first-order chi connectivity index (χ1) is 14.8. The first-order valence-electron chi connectivity index (χ1n) is 9.12. The van der Waals surface area contributed by atoms with Gasteiger partial charge in [-0.05, 0) is 55.0 Å². The Labute approximate surface area is 199 Å². The maximum absolute atomic E-state index is 12.9. The summed E-state index contributed by atoms with van der Waals surface area (Å²) >= 11 is 23.5. The van der Waals surface area contributed by atoms with E-state index in [0.29, 0.717) is 43.1 Å². The third-order valence-electron chi connectivity index (χ3n) is 4.53. The zero-order chi connectivity index (χ0) is 22.1. The van der Waals surface area contributed by atoms with Gasteiger partial charge in [0.1, 0.15) is 23.8 Å². The molecule has 0 unspecified atom stereocenters. The number of furan rings is 1. The molecular formula is C22H15Cl3N2O3S. The Morgan fingerprint density at radius 2 is 1.84 bits per heavy atom. The Hall–Kier alpha value is -2.51. The third-order valence-corrected chi connectivity index (χ3v) is 5.59.